The van der Waals surface area contributed by atoms with E-state index in [1.807, 2.05) is 24.6 Å². The molecule has 2 aromatic rings. The first-order valence-corrected chi connectivity index (χ1v) is 6.58. The topological polar surface area (TPSA) is 70.1 Å². The van der Waals surface area contributed by atoms with E-state index < -0.39 is 0 Å². The van der Waals surface area contributed by atoms with E-state index in [0.29, 0.717) is 10.9 Å². The van der Waals surface area contributed by atoms with Crippen molar-refractivity contribution in [2.75, 3.05) is 6.26 Å². The highest BCUT2D eigenvalue weighted by Gasteiger charge is 2.19. The average molecular weight is 258 g/mol. The van der Waals surface area contributed by atoms with Gasteiger partial charge in [0.05, 0.1) is 0 Å². The Hall–Kier alpha value is -2.08. The molecule has 2 N–H and O–H groups in total. The first kappa shape index (κ1) is 11.0. The van der Waals surface area contributed by atoms with Crippen LogP contribution in [0, 0.1) is 0 Å². The van der Waals surface area contributed by atoms with Gasteiger partial charge in [-0.3, -0.25) is 10.1 Å². The minimum absolute atomic E-state index is 0.169. The molecule has 0 aromatic carbocycles. The SMILES string of the molecule is CSC1=N/C(=C\c2c[nH]c3ncccc23)C(=O)N1. The summed E-state index contributed by atoms with van der Waals surface area (Å²) in [5.74, 6) is -0.169. The molecule has 0 fully saturated rings. The van der Waals surface area contributed by atoms with E-state index in [2.05, 4.69) is 20.3 Å². The zero-order valence-electron chi connectivity index (χ0n) is 9.60. The quantitative estimate of drug-likeness (QED) is 0.766. The molecule has 3 rings (SSSR count). The number of aliphatic imine (C=N–C) groups is 1. The van der Waals surface area contributed by atoms with Gasteiger partial charge in [0.15, 0.2) is 5.17 Å². The number of carbonyl (C=O) groups excluding carboxylic acids is 1. The van der Waals surface area contributed by atoms with Crippen molar-refractivity contribution in [1.82, 2.24) is 15.3 Å². The maximum absolute atomic E-state index is 11.7. The lowest BCUT2D eigenvalue weighted by Gasteiger charge is -1.92. The molecule has 0 saturated heterocycles. The van der Waals surface area contributed by atoms with Crippen LogP contribution in [-0.2, 0) is 4.79 Å². The van der Waals surface area contributed by atoms with Crippen LogP contribution in [0.3, 0.4) is 0 Å². The molecule has 0 spiro atoms. The molecular weight excluding hydrogens is 248 g/mol. The van der Waals surface area contributed by atoms with Crippen LogP contribution in [0.1, 0.15) is 5.56 Å². The molecule has 0 radical (unpaired) electrons. The minimum Gasteiger partial charge on any atom is -0.346 e. The Morgan fingerprint density at radius 3 is 3.11 bits per heavy atom. The van der Waals surface area contributed by atoms with Crippen molar-refractivity contribution in [3.8, 4) is 0 Å². The zero-order valence-corrected chi connectivity index (χ0v) is 10.4. The average Bonchev–Trinajstić information content (AvgIpc) is 2.95. The summed E-state index contributed by atoms with van der Waals surface area (Å²) in [4.78, 5) is 23.2. The van der Waals surface area contributed by atoms with E-state index in [-0.39, 0.29) is 5.91 Å². The van der Waals surface area contributed by atoms with Gasteiger partial charge < -0.3 is 4.98 Å². The fraction of sp³-hybridized carbons (Fsp3) is 0.0833. The summed E-state index contributed by atoms with van der Waals surface area (Å²) in [7, 11) is 0. The second kappa shape index (κ2) is 4.30. The van der Waals surface area contributed by atoms with Crippen LogP contribution in [0.4, 0.5) is 0 Å². The van der Waals surface area contributed by atoms with Gasteiger partial charge in [-0.15, -0.1) is 0 Å². The molecule has 2 aromatic heterocycles. The summed E-state index contributed by atoms with van der Waals surface area (Å²) in [6, 6.07) is 3.82. The Kier molecular flexibility index (Phi) is 2.64. The van der Waals surface area contributed by atoms with Crippen molar-refractivity contribution in [3.63, 3.8) is 0 Å². The monoisotopic (exact) mass is 258 g/mol. The summed E-state index contributed by atoms with van der Waals surface area (Å²) in [5.41, 5.74) is 2.13. The van der Waals surface area contributed by atoms with Crippen molar-refractivity contribution in [1.29, 1.82) is 0 Å². The van der Waals surface area contributed by atoms with Crippen molar-refractivity contribution < 1.29 is 4.79 Å². The van der Waals surface area contributed by atoms with E-state index in [0.717, 1.165) is 16.6 Å². The van der Waals surface area contributed by atoms with E-state index in [1.165, 1.54) is 11.8 Å². The van der Waals surface area contributed by atoms with E-state index in [4.69, 9.17) is 0 Å². The second-order valence-electron chi connectivity index (χ2n) is 3.75. The van der Waals surface area contributed by atoms with Crippen molar-refractivity contribution in [2.24, 2.45) is 4.99 Å². The zero-order chi connectivity index (χ0) is 12.5. The first-order valence-electron chi connectivity index (χ1n) is 5.36. The lowest BCUT2D eigenvalue weighted by atomic mass is 10.2. The third-order valence-electron chi connectivity index (χ3n) is 2.64. The van der Waals surface area contributed by atoms with Gasteiger partial charge in [0.25, 0.3) is 5.91 Å². The largest absolute Gasteiger partial charge is 0.346 e. The number of amides is 1. The first-order chi connectivity index (χ1) is 8.78. The highest BCUT2D eigenvalue weighted by atomic mass is 32.2. The second-order valence-corrected chi connectivity index (χ2v) is 4.54. The standard InChI is InChI=1S/C12H10N4OS/c1-18-12-15-9(11(17)16-12)5-7-6-14-10-8(7)3-2-4-13-10/h2-6H,1H3,(H,13,14)(H,15,16,17)/b9-5-. The molecule has 1 amide bonds. The van der Waals surface area contributed by atoms with Gasteiger partial charge in [0.2, 0.25) is 0 Å². The van der Waals surface area contributed by atoms with E-state index >= 15 is 0 Å². The van der Waals surface area contributed by atoms with Crippen LogP contribution in [0.25, 0.3) is 17.1 Å². The fourth-order valence-electron chi connectivity index (χ4n) is 1.79. The van der Waals surface area contributed by atoms with E-state index in [9.17, 15) is 4.79 Å². The molecule has 1 aliphatic heterocycles. The van der Waals surface area contributed by atoms with Gasteiger partial charge in [-0.05, 0) is 24.5 Å². The number of thioether (sulfide) groups is 1. The molecule has 90 valence electrons. The number of nitrogens with one attached hydrogen (secondary N) is 2. The number of H-pyrrole nitrogens is 1. The Morgan fingerprint density at radius 1 is 1.44 bits per heavy atom. The number of hydrogen-bond acceptors (Lipinski definition) is 4. The van der Waals surface area contributed by atoms with Crippen LogP contribution in [0.15, 0.2) is 35.2 Å². The summed E-state index contributed by atoms with van der Waals surface area (Å²) >= 11 is 1.41. The molecule has 0 saturated carbocycles. The Labute approximate surface area is 107 Å². The number of fused-ring (bicyclic) bond motifs is 1. The van der Waals surface area contributed by atoms with Crippen LogP contribution in [0.2, 0.25) is 0 Å². The predicted octanol–water partition coefficient (Wildman–Crippen LogP) is 1.75. The number of amidine groups is 1. The van der Waals surface area contributed by atoms with Gasteiger partial charge in [-0.2, -0.15) is 0 Å². The van der Waals surface area contributed by atoms with Crippen LogP contribution in [0.5, 0.6) is 0 Å². The maximum Gasteiger partial charge on any atom is 0.275 e. The number of aromatic nitrogens is 2. The molecule has 6 heteroatoms. The smallest absolute Gasteiger partial charge is 0.275 e. The number of aromatic amines is 1. The molecule has 18 heavy (non-hydrogen) atoms. The molecule has 0 atom stereocenters. The molecular formula is C12H10N4OS. The highest BCUT2D eigenvalue weighted by molar-refractivity contribution is 8.13. The summed E-state index contributed by atoms with van der Waals surface area (Å²) in [5, 5.41) is 4.30. The molecule has 1 aliphatic rings. The summed E-state index contributed by atoms with van der Waals surface area (Å²) in [6.45, 7) is 0. The van der Waals surface area contributed by atoms with Gasteiger partial charge >= 0.3 is 0 Å². The third-order valence-corrected chi connectivity index (χ3v) is 3.22. The lowest BCUT2D eigenvalue weighted by molar-refractivity contribution is -0.115. The summed E-state index contributed by atoms with van der Waals surface area (Å²) < 4.78 is 0. The Bertz CT molecular complexity index is 686. The lowest BCUT2D eigenvalue weighted by Crippen LogP contribution is -2.21. The van der Waals surface area contributed by atoms with Gasteiger partial charge in [-0.25, -0.2) is 9.98 Å². The van der Waals surface area contributed by atoms with Gasteiger partial charge in [-0.1, -0.05) is 11.8 Å². The third kappa shape index (κ3) is 1.80. The van der Waals surface area contributed by atoms with Crippen molar-refractivity contribution >= 4 is 39.9 Å². The highest BCUT2D eigenvalue weighted by Crippen LogP contribution is 2.21. The number of nitrogens with zero attached hydrogens (tertiary/aromatic N) is 2. The van der Waals surface area contributed by atoms with Crippen molar-refractivity contribution in [2.45, 2.75) is 0 Å². The normalized spacial score (nSPS) is 17.3. The molecule has 0 bridgehead atoms. The fourth-order valence-corrected chi connectivity index (χ4v) is 2.17. The predicted molar refractivity (Wildman–Crippen MR) is 73.2 cm³/mol. The van der Waals surface area contributed by atoms with Crippen molar-refractivity contribution in [3.05, 3.63) is 35.8 Å². The Morgan fingerprint density at radius 2 is 2.33 bits per heavy atom. The molecule has 0 unspecified atom stereocenters. The number of carbonyl (C=O) groups is 1. The number of pyridine rings is 1. The van der Waals surface area contributed by atoms with Gasteiger partial charge in [0.1, 0.15) is 11.3 Å². The molecule has 0 aliphatic carbocycles. The Balaban J connectivity index is 2.06. The molecule has 5 nitrogen and oxygen atoms in total. The number of rotatable bonds is 1. The van der Waals surface area contributed by atoms with Crippen LogP contribution < -0.4 is 5.32 Å². The summed E-state index contributed by atoms with van der Waals surface area (Å²) in [6.07, 6.45) is 7.18. The number of hydrogen-bond donors (Lipinski definition) is 2. The van der Waals surface area contributed by atoms with Crippen LogP contribution in [-0.4, -0.2) is 27.3 Å². The maximum atomic E-state index is 11.7. The van der Waals surface area contributed by atoms with E-state index in [1.54, 1.807) is 12.3 Å². The van der Waals surface area contributed by atoms with Gasteiger partial charge in [0, 0.05) is 23.3 Å². The minimum atomic E-state index is -0.169. The van der Waals surface area contributed by atoms with Crippen LogP contribution >= 0.6 is 11.8 Å². The molecule has 3 heterocycles.